The number of rotatable bonds is 4. The Morgan fingerprint density at radius 1 is 1.19 bits per heavy atom. The summed E-state index contributed by atoms with van der Waals surface area (Å²) in [4.78, 5) is 25.9. The van der Waals surface area contributed by atoms with Crippen molar-refractivity contribution in [2.45, 2.75) is 31.4 Å². The Labute approximate surface area is 128 Å². The molecule has 2 rings (SSSR count). The molecule has 1 atom stereocenters. The fourth-order valence-electron chi connectivity index (χ4n) is 2.44. The van der Waals surface area contributed by atoms with Gasteiger partial charge in [-0.25, -0.2) is 0 Å². The zero-order chi connectivity index (χ0) is 15.5. The first-order valence-electron chi connectivity index (χ1n) is 7.15. The highest BCUT2D eigenvalue weighted by molar-refractivity contribution is 7.86. The maximum Gasteiger partial charge on any atom is 0.223 e. The number of carbonyl (C=O) groups is 2. The van der Waals surface area contributed by atoms with Crippen LogP contribution >= 0.6 is 0 Å². The van der Waals surface area contributed by atoms with E-state index in [4.69, 9.17) is 0 Å². The number of hydrogen-bond acceptors (Lipinski definition) is 3. The van der Waals surface area contributed by atoms with Crippen LogP contribution in [0, 0.1) is 0 Å². The first-order chi connectivity index (χ1) is 9.90. The van der Waals surface area contributed by atoms with Crippen LogP contribution in [-0.4, -0.2) is 44.4 Å². The molecule has 0 saturated carbocycles. The molecule has 1 aliphatic heterocycles. The molecule has 4 nitrogen and oxygen atoms in total. The summed E-state index contributed by atoms with van der Waals surface area (Å²) in [5, 5.41) is 0. The van der Waals surface area contributed by atoms with Crippen LogP contribution in [0.4, 0.5) is 0 Å². The van der Waals surface area contributed by atoms with E-state index in [0.29, 0.717) is 24.4 Å². The van der Waals surface area contributed by atoms with Gasteiger partial charge in [-0.2, -0.15) is 0 Å². The van der Waals surface area contributed by atoms with E-state index in [1.165, 1.54) is 0 Å². The van der Waals surface area contributed by atoms with Crippen molar-refractivity contribution in [2.24, 2.45) is 0 Å². The monoisotopic (exact) mass is 307 g/mol. The van der Waals surface area contributed by atoms with Crippen molar-refractivity contribution >= 4 is 22.5 Å². The Morgan fingerprint density at radius 3 is 2.48 bits per heavy atom. The summed E-state index contributed by atoms with van der Waals surface area (Å²) in [5.74, 6) is 0.485. The molecule has 1 aliphatic rings. The molecule has 5 heteroatoms. The quantitative estimate of drug-likeness (QED) is 0.800. The van der Waals surface area contributed by atoms with Gasteiger partial charge in [0.25, 0.3) is 0 Å². The van der Waals surface area contributed by atoms with Gasteiger partial charge in [0.05, 0.1) is 4.75 Å². The van der Waals surface area contributed by atoms with Gasteiger partial charge in [0, 0.05) is 48.0 Å². The molecule has 0 unspecified atom stereocenters. The lowest BCUT2D eigenvalue weighted by Crippen LogP contribution is -2.52. The molecule has 0 N–H and O–H groups in total. The maximum atomic E-state index is 12.2. The van der Waals surface area contributed by atoms with Gasteiger partial charge >= 0.3 is 0 Å². The third-order valence-corrected chi connectivity index (χ3v) is 5.66. The third kappa shape index (κ3) is 4.00. The van der Waals surface area contributed by atoms with Crippen molar-refractivity contribution in [3.63, 3.8) is 0 Å². The topological polar surface area (TPSA) is 54.5 Å². The molecule has 1 saturated heterocycles. The van der Waals surface area contributed by atoms with Gasteiger partial charge in [0.15, 0.2) is 5.78 Å². The van der Waals surface area contributed by atoms with E-state index >= 15 is 0 Å². The molecule has 1 fully saturated rings. The van der Waals surface area contributed by atoms with Crippen LogP contribution in [0.1, 0.15) is 37.0 Å². The summed E-state index contributed by atoms with van der Waals surface area (Å²) < 4.78 is 11.5. The average molecular weight is 307 g/mol. The minimum Gasteiger partial charge on any atom is -0.340 e. The van der Waals surface area contributed by atoms with E-state index in [9.17, 15) is 13.8 Å². The van der Waals surface area contributed by atoms with Gasteiger partial charge in [-0.05, 0) is 13.8 Å². The van der Waals surface area contributed by atoms with Crippen LogP contribution in [0.5, 0.6) is 0 Å². The molecule has 0 spiro atoms. The molecule has 0 radical (unpaired) electrons. The number of Topliss-reactive ketones (excluding diaryl/α,β-unsaturated/α-hetero) is 1. The lowest BCUT2D eigenvalue weighted by atomic mass is 10.1. The standard InChI is InChI=1S/C16H21NO3S/c1-16(2)12-17(10-11-21(16)20)15(19)9-8-14(18)13-6-4-3-5-7-13/h3-7H,8-12H2,1-2H3/t21-/m0/s1. The number of nitrogens with zero attached hydrogens (tertiary/aromatic N) is 1. The SMILES string of the molecule is CC1(C)CN(C(=O)CCC(=O)c2ccccc2)CC[S@@]1=O. The highest BCUT2D eigenvalue weighted by atomic mass is 32.2. The normalized spacial score (nSPS) is 21.0. The average Bonchev–Trinajstić information content (AvgIpc) is 2.48. The van der Waals surface area contributed by atoms with Gasteiger partial charge < -0.3 is 4.90 Å². The predicted molar refractivity (Wildman–Crippen MR) is 83.7 cm³/mol. The molecular weight excluding hydrogens is 286 g/mol. The molecule has 114 valence electrons. The Kier molecular flexibility index (Phi) is 4.93. The third-order valence-electron chi connectivity index (χ3n) is 3.75. The number of hydrogen-bond donors (Lipinski definition) is 0. The molecule has 1 heterocycles. The minimum atomic E-state index is -0.891. The Balaban J connectivity index is 1.88. The Bertz CT molecular complexity index is 554. The largest absolute Gasteiger partial charge is 0.340 e. The number of benzene rings is 1. The van der Waals surface area contributed by atoms with Gasteiger partial charge in [-0.3, -0.25) is 13.8 Å². The lowest BCUT2D eigenvalue weighted by molar-refractivity contribution is -0.131. The Morgan fingerprint density at radius 2 is 1.86 bits per heavy atom. The summed E-state index contributed by atoms with van der Waals surface area (Å²) in [6, 6.07) is 9.02. The first-order valence-corrected chi connectivity index (χ1v) is 8.46. The molecule has 21 heavy (non-hydrogen) atoms. The summed E-state index contributed by atoms with van der Waals surface area (Å²) >= 11 is 0. The lowest BCUT2D eigenvalue weighted by Gasteiger charge is -2.37. The van der Waals surface area contributed by atoms with Crippen LogP contribution in [0.2, 0.25) is 0 Å². The smallest absolute Gasteiger partial charge is 0.223 e. The molecular formula is C16H21NO3S. The minimum absolute atomic E-state index is 0.0104. The van der Waals surface area contributed by atoms with E-state index in [1.807, 2.05) is 32.0 Å². The van der Waals surface area contributed by atoms with Crippen molar-refractivity contribution in [1.82, 2.24) is 4.90 Å². The number of ketones is 1. The number of amides is 1. The Hall–Kier alpha value is -1.49. The fraction of sp³-hybridized carbons (Fsp3) is 0.500. The highest BCUT2D eigenvalue weighted by Gasteiger charge is 2.34. The second kappa shape index (κ2) is 6.52. The van der Waals surface area contributed by atoms with Gasteiger partial charge in [0.2, 0.25) is 5.91 Å². The van der Waals surface area contributed by atoms with Crippen molar-refractivity contribution in [2.75, 3.05) is 18.8 Å². The van der Waals surface area contributed by atoms with Crippen LogP contribution < -0.4 is 0 Å². The molecule has 0 aromatic heterocycles. The summed E-state index contributed by atoms with van der Waals surface area (Å²) in [6.07, 6.45) is 0.444. The van der Waals surface area contributed by atoms with E-state index < -0.39 is 10.8 Å². The van der Waals surface area contributed by atoms with E-state index in [2.05, 4.69) is 0 Å². The zero-order valence-corrected chi connectivity index (χ0v) is 13.3. The predicted octanol–water partition coefficient (Wildman–Crippen LogP) is 2.02. The molecule has 0 bridgehead atoms. The van der Waals surface area contributed by atoms with Crippen molar-refractivity contribution in [3.05, 3.63) is 35.9 Å². The summed E-state index contributed by atoms with van der Waals surface area (Å²) in [7, 11) is -0.891. The second-order valence-electron chi connectivity index (χ2n) is 5.91. The zero-order valence-electron chi connectivity index (χ0n) is 12.5. The van der Waals surface area contributed by atoms with Gasteiger partial charge in [-0.1, -0.05) is 30.3 Å². The van der Waals surface area contributed by atoms with E-state index in [-0.39, 0.29) is 29.3 Å². The van der Waals surface area contributed by atoms with Gasteiger partial charge in [-0.15, -0.1) is 0 Å². The van der Waals surface area contributed by atoms with E-state index in [0.717, 1.165) is 0 Å². The summed E-state index contributed by atoms with van der Waals surface area (Å²) in [6.45, 7) is 4.85. The second-order valence-corrected chi connectivity index (χ2v) is 8.12. The molecule has 1 aromatic carbocycles. The molecule has 1 aromatic rings. The van der Waals surface area contributed by atoms with Crippen molar-refractivity contribution in [3.8, 4) is 0 Å². The highest BCUT2D eigenvalue weighted by Crippen LogP contribution is 2.21. The van der Waals surface area contributed by atoms with E-state index in [1.54, 1.807) is 17.0 Å². The van der Waals surface area contributed by atoms with Crippen LogP contribution in [0.25, 0.3) is 0 Å². The fourth-order valence-corrected chi connectivity index (χ4v) is 3.68. The van der Waals surface area contributed by atoms with Crippen molar-refractivity contribution in [1.29, 1.82) is 0 Å². The van der Waals surface area contributed by atoms with Crippen LogP contribution in [0.3, 0.4) is 0 Å². The first kappa shape index (κ1) is 15.9. The molecule has 0 aliphatic carbocycles. The van der Waals surface area contributed by atoms with Crippen molar-refractivity contribution < 1.29 is 13.8 Å². The van der Waals surface area contributed by atoms with Crippen LogP contribution in [-0.2, 0) is 15.6 Å². The van der Waals surface area contributed by atoms with Crippen LogP contribution in [0.15, 0.2) is 30.3 Å². The number of carbonyl (C=O) groups excluding carboxylic acids is 2. The van der Waals surface area contributed by atoms with Gasteiger partial charge in [0.1, 0.15) is 0 Å². The molecule has 1 amide bonds. The maximum absolute atomic E-state index is 12.2. The summed E-state index contributed by atoms with van der Waals surface area (Å²) in [5.41, 5.74) is 0.644.